The highest BCUT2D eigenvalue weighted by Gasteiger charge is 2.76. The first-order chi connectivity index (χ1) is 15.2. The second-order valence-corrected chi connectivity index (χ2v) is 12.0. The van der Waals surface area contributed by atoms with Crippen LogP contribution in [-0.4, -0.2) is 84.4 Å². The van der Waals surface area contributed by atoms with Crippen molar-refractivity contribution in [2.24, 2.45) is 17.8 Å². The number of thioether (sulfide) groups is 1. The topological polar surface area (TPSA) is 98.2 Å². The number of unbranched alkanes of at least 4 members (excludes halogenated alkanes) is 1. The molecule has 1 spiro atoms. The van der Waals surface area contributed by atoms with Crippen molar-refractivity contribution in [3.63, 3.8) is 0 Å². The quantitative estimate of drug-likeness (QED) is 0.314. The molecule has 3 fully saturated rings. The Kier molecular flexibility index (Phi) is 8.03. The lowest BCUT2D eigenvalue weighted by Crippen LogP contribution is -2.59. The van der Waals surface area contributed by atoms with Gasteiger partial charge >= 0.3 is 5.97 Å². The van der Waals surface area contributed by atoms with E-state index in [1.54, 1.807) is 15.9 Å². The number of likely N-dealkylation sites (tertiary alicyclic amines) is 1. The Hall–Kier alpha value is -1.06. The Morgan fingerprint density at radius 2 is 2.12 bits per heavy atom. The zero-order valence-corrected chi connectivity index (χ0v) is 21.5. The van der Waals surface area contributed by atoms with Crippen molar-refractivity contribution in [2.45, 2.75) is 73.4 Å². The van der Waals surface area contributed by atoms with Gasteiger partial charge in [-0.05, 0) is 18.8 Å². The van der Waals surface area contributed by atoms with Gasteiger partial charge in [0.1, 0.15) is 6.04 Å². The molecule has 3 aliphatic rings. The second kappa shape index (κ2) is 10.1. The second-order valence-electron chi connectivity index (χ2n) is 9.31. The van der Waals surface area contributed by atoms with Crippen molar-refractivity contribution in [2.75, 3.05) is 19.7 Å². The summed E-state index contributed by atoms with van der Waals surface area (Å²) < 4.78 is -0.803. The van der Waals surface area contributed by atoms with Crippen molar-refractivity contribution < 1.29 is 24.6 Å². The molecule has 2 bridgehead atoms. The van der Waals surface area contributed by atoms with Gasteiger partial charge in [0.2, 0.25) is 11.8 Å². The average molecular weight is 532 g/mol. The molecule has 0 aromatic rings. The van der Waals surface area contributed by atoms with Crippen LogP contribution in [0, 0.1) is 17.8 Å². The number of aliphatic carboxylic acids is 1. The van der Waals surface area contributed by atoms with E-state index >= 15 is 0 Å². The third kappa shape index (κ3) is 3.92. The third-order valence-electron chi connectivity index (χ3n) is 7.53. The highest BCUT2D eigenvalue weighted by Crippen LogP contribution is 2.68. The number of rotatable bonds is 11. The van der Waals surface area contributed by atoms with Gasteiger partial charge in [-0.3, -0.25) is 14.4 Å². The number of hydrogen-bond donors (Lipinski definition) is 2. The van der Waals surface area contributed by atoms with Crippen molar-refractivity contribution in [3.8, 4) is 0 Å². The Bertz CT molecular complexity index is 767. The smallest absolute Gasteiger partial charge is 0.308 e. The van der Waals surface area contributed by atoms with Gasteiger partial charge in [-0.25, -0.2) is 0 Å². The number of aliphatic hydroxyl groups is 1. The number of hydrogen-bond acceptors (Lipinski definition) is 5. The molecule has 9 heteroatoms. The minimum Gasteiger partial charge on any atom is -0.481 e. The molecular formula is C23H35BrN2O5S. The summed E-state index contributed by atoms with van der Waals surface area (Å²) in [5.41, 5.74) is 0. The van der Waals surface area contributed by atoms with Crippen molar-refractivity contribution in [1.29, 1.82) is 0 Å². The first kappa shape index (κ1) is 25.6. The summed E-state index contributed by atoms with van der Waals surface area (Å²) in [5.74, 6) is -3.06. The first-order valence-corrected chi connectivity index (χ1v) is 13.4. The molecule has 0 aromatic carbocycles. The van der Waals surface area contributed by atoms with Gasteiger partial charge in [0.25, 0.3) is 0 Å². The number of alkyl halides is 1. The maximum atomic E-state index is 14.1. The summed E-state index contributed by atoms with van der Waals surface area (Å²) in [4.78, 5) is 43.4. The average Bonchev–Trinajstić information content (AvgIpc) is 3.35. The highest BCUT2D eigenvalue weighted by molar-refractivity contribution is 9.09. The highest BCUT2D eigenvalue weighted by atomic mass is 79.9. The molecule has 3 saturated heterocycles. The molecule has 2 amide bonds. The minimum atomic E-state index is -0.988. The zero-order valence-electron chi connectivity index (χ0n) is 19.1. The molecule has 3 unspecified atom stereocenters. The Labute approximate surface area is 203 Å². The summed E-state index contributed by atoms with van der Waals surface area (Å²) in [7, 11) is 0. The maximum Gasteiger partial charge on any atom is 0.308 e. The number of carbonyl (C=O) groups excluding carboxylic acids is 2. The first-order valence-electron chi connectivity index (χ1n) is 11.6. The molecule has 3 heterocycles. The van der Waals surface area contributed by atoms with Gasteiger partial charge < -0.3 is 20.0 Å². The van der Waals surface area contributed by atoms with Crippen LogP contribution in [0.5, 0.6) is 0 Å². The number of carboxylic acid groups (broad SMARTS) is 1. The SMILES string of the molecule is C=CCN(CCCC)C(=O)C1N([C@@H](CO)[C@@H](C)CC)C(=O)[C@@H]2[C@@H](C(=O)O)[C@@H]3SC12CC3Br. The summed E-state index contributed by atoms with van der Waals surface area (Å²) in [6.07, 6.45) is 4.74. The normalized spacial score (nSPS) is 35.0. The molecule has 3 rings (SSSR count). The molecule has 0 radical (unpaired) electrons. The van der Waals surface area contributed by atoms with E-state index < -0.39 is 34.6 Å². The predicted molar refractivity (Wildman–Crippen MR) is 129 cm³/mol. The monoisotopic (exact) mass is 530 g/mol. The lowest BCUT2D eigenvalue weighted by Gasteiger charge is -2.41. The number of amides is 2. The van der Waals surface area contributed by atoms with Crippen LogP contribution in [-0.2, 0) is 14.4 Å². The van der Waals surface area contributed by atoms with Crippen molar-refractivity contribution in [3.05, 3.63) is 12.7 Å². The van der Waals surface area contributed by atoms with Gasteiger partial charge in [-0.1, -0.05) is 55.6 Å². The molecule has 32 heavy (non-hydrogen) atoms. The number of carbonyl (C=O) groups is 3. The molecule has 2 N–H and O–H groups in total. The standard InChI is InChI=1S/C23H35BrN2O5S/c1-5-8-10-25(9-6-2)21(29)19-23-11-14(24)18(32-23)16(22(30)31)17(23)20(28)26(19)15(12-27)13(4)7-3/h6,13-19,27H,2,5,7-12H2,1,3-4H3,(H,30,31)/t13-,14?,15-,16+,17-,18+,19?,23?/m0/s1. The van der Waals surface area contributed by atoms with Crippen LogP contribution < -0.4 is 0 Å². The number of fused-ring (bicyclic) bond motifs is 1. The fraction of sp³-hybridized carbons (Fsp3) is 0.783. The molecular weight excluding hydrogens is 496 g/mol. The summed E-state index contributed by atoms with van der Waals surface area (Å²) in [6, 6.07) is -1.32. The summed E-state index contributed by atoms with van der Waals surface area (Å²) in [5, 5.41) is 20.1. The number of aliphatic hydroxyl groups excluding tert-OH is 1. The van der Waals surface area contributed by atoms with Gasteiger partial charge in [0.15, 0.2) is 0 Å². The number of halogens is 1. The van der Waals surface area contributed by atoms with Crippen molar-refractivity contribution >= 4 is 45.5 Å². The molecule has 7 nitrogen and oxygen atoms in total. The van der Waals surface area contributed by atoms with Crippen LogP contribution >= 0.6 is 27.7 Å². The molecule has 8 atom stereocenters. The Balaban J connectivity index is 2.12. The number of carboxylic acids is 1. The van der Waals surface area contributed by atoms with Gasteiger partial charge in [-0.15, -0.1) is 18.3 Å². The van der Waals surface area contributed by atoms with E-state index in [9.17, 15) is 24.6 Å². The van der Waals surface area contributed by atoms with Gasteiger partial charge in [-0.2, -0.15) is 0 Å². The zero-order chi connectivity index (χ0) is 23.8. The van der Waals surface area contributed by atoms with Gasteiger partial charge in [0, 0.05) is 23.2 Å². The van der Waals surface area contributed by atoms with E-state index in [1.807, 2.05) is 13.8 Å². The Morgan fingerprint density at radius 3 is 2.66 bits per heavy atom. The largest absolute Gasteiger partial charge is 0.481 e. The van der Waals surface area contributed by atoms with E-state index in [-0.39, 0.29) is 34.4 Å². The maximum absolute atomic E-state index is 14.1. The minimum absolute atomic E-state index is 0.0248. The fourth-order valence-electron chi connectivity index (χ4n) is 5.77. The van der Waals surface area contributed by atoms with Crippen LogP contribution in [0.15, 0.2) is 12.7 Å². The lowest BCUT2D eigenvalue weighted by molar-refractivity contribution is -0.150. The van der Waals surface area contributed by atoms with Crippen LogP contribution in [0.1, 0.15) is 46.5 Å². The molecule has 180 valence electrons. The van der Waals surface area contributed by atoms with E-state index in [1.165, 1.54) is 11.8 Å². The molecule has 0 aromatic heterocycles. The molecule has 0 aliphatic carbocycles. The van der Waals surface area contributed by atoms with E-state index in [2.05, 4.69) is 29.4 Å². The van der Waals surface area contributed by atoms with Gasteiger partial charge in [0.05, 0.1) is 29.2 Å². The van der Waals surface area contributed by atoms with E-state index in [4.69, 9.17) is 0 Å². The fourth-order valence-corrected chi connectivity index (χ4v) is 9.36. The lowest BCUT2D eigenvalue weighted by atomic mass is 9.71. The molecule has 0 saturated carbocycles. The third-order valence-corrected chi connectivity index (χ3v) is 10.8. The predicted octanol–water partition coefficient (Wildman–Crippen LogP) is 2.76. The Morgan fingerprint density at radius 1 is 1.44 bits per heavy atom. The summed E-state index contributed by atoms with van der Waals surface area (Å²) >= 11 is 5.15. The van der Waals surface area contributed by atoms with E-state index in [0.29, 0.717) is 19.5 Å². The summed E-state index contributed by atoms with van der Waals surface area (Å²) in [6.45, 7) is 10.5. The van der Waals surface area contributed by atoms with Crippen LogP contribution in [0.25, 0.3) is 0 Å². The molecule has 3 aliphatic heterocycles. The van der Waals surface area contributed by atoms with E-state index in [0.717, 1.165) is 19.3 Å². The van der Waals surface area contributed by atoms with Crippen LogP contribution in [0.3, 0.4) is 0 Å². The van der Waals surface area contributed by atoms with Crippen LogP contribution in [0.4, 0.5) is 0 Å². The van der Waals surface area contributed by atoms with Crippen LogP contribution in [0.2, 0.25) is 0 Å². The van der Waals surface area contributed by atoms with Crippen molar-refractivity contribution in [1.82, 2.24) is 9.80 Å². The number of nitrogens with zero attached hydrogens (tertiary/aromatic N) is 2.